The molecule has 0 radical (unpaired) electrons. The van der Waals surface area contributed by atoms with Crippen LogP contribution >= 0.6 is 15.9 Å². The second-order valence-corrected chi connectivity index (χ2v) is 4.22. The first-order valence-electron chi connectivity index (χ1n) is 5.18. The molecule has 4 nitrogen and oxygen atoms in total. The van der Waals surface area contributed by atoms with Crippen molar-refractivity contribution in [2.75, 3.05) is 5.32 Å². The molecule has 2 aromatic rings. The summed E-state index contributed by atoms with van der Waals surface area (Å²) in [7, 11) is 0. The number of hydrogen-bond acceptors (Lipinski definition) is 3. The minimum Gasteiger partial charge on any atom is -0.469 e. The van der Waals surface area contributed by atoms with Gasteiger partial charge in [-0.1, -0.05) is 0 Å². The van der Waals surface area contributed by atoms with Gasteiger partial charge in [0.25, 0.3) is 0 Å². The van der Waals surface area contributed by atoms with Crippen molar-refractivity contribution >= 4 is 27.5 Å². The normalized spacial score (nSPS) is 10.2. The number of carbonyl (C=O) groups is 1. The Morgan fingerprint density at radius 3 is 3.00 bits per heavy atom. The lowest BCUT2D eigenvalue weighted by Gasteiger charge is -2.05. The molecule has 0 atom stereocenters. The van der Waals surface area contributed by atoms with E-state index in [1.54, 1.807) is 24.6 Å². The van der Waals surface area contributed by atoms with Gasteiger partial charge in [-0.2, -0.15) is 0 Å². The molecule has 0 saturated heterocycles. The highest BCUT2D eigenvalue weighted by molar-refractivity contribution is 9.10. The second kappa shape index (κ2) is 5.63. The number of halogens is 1. The smallest absolute Gasteiger partial charge is 0.224 e. The van der Waals surface area contributed by atoms with Gasteiger partial charge in [-0.3, -0.25) is 4.79 Å². The van der Waals surface area contributed by atoms with E-state index < -0.39 is 0 Å². The first-order valence-corrected chi connectivity index (χ1v) is 5.98. The highest BCUT2D eigenvalue weighted by atomic mass is 79.9. The van der Waals surface area contributed by atoms with Crippen LogP contribution in [0.3, 0.4) is 0 Å². The number of aryl methyl sites for hydroxylation is 1. The zero-order chi connectivity index (χ0) is 12.1. The molecule has 0 saturated carbocycles. The van der Waals surface area contributed by atoms with Gasteiger partial charge in [0.15, 0.2) is 0 Å². The van der Waals surface area contributed by atoms with Crippen molar-refractivity contribution in [1.82, 2.24) is 4.98 Å². The Hall–Kier alpha value is -1.62. The molecule has 0 aliphatic rings. The minimum absolute atomic E-state index is 0.0601. The van der Waals surface area contributed by atoms with Gasteiger partial charge in [0.2, 0.25) is 5.91 Å². The molecule has 1 N–H and O–H groups in total. The first-order chi connectivity index (χ1) is 8.25. The van der Waals surface area contributed by atoms with Crippen molar-refractivity contribution in [3.8, 4) is 0 Å². The standard InChI is InChI=1S/C12H11BrN2O2/c13-12-10(4-1-7-14-12)15-11(16)6-5-9-3-2-8-17-9/h1-4,7-8H,5-6H2,(H,15,16). The molecule has 2 heterocycles. The van der Waals surface area contributed by atoms with Crippen LogP contribution in [0.15, 0.2) is 45.7 Å². The summed E-state index contributed by atoms with van der Waals surface area (Å²) >= 11 is 3.27. The van der Waals surface area contributed by atoms with E-state index >= 15 is 0 Å². The lowest BCUT2D eigenvalue weighted by molar-refractivity contribution is -0.116. The molecule has 2 rings (SSSR count). The van der Waals surface area contributed by atoms with Crippen molar-refractivity contribution in [2.45, 2.75) is 12.8 Å². The summed E-state index contributed by atoms with van der Waals surface area (Å²) in [5.41, 5.74) is 0.678. The summed E-state index contributed by atoms with van der Waals surface area (Å²) in [5.74, 6) is 0.750. The summed E-state index contributed by atoms with van der Waals surface area (Å²) in [5, 5.41) is 2.78. The molecule has 17 heavy (non-hydrogen) atoms. The Bertz CT molecular complexity index is 497. The van der Waals surface area contributed by atoms with Crippen molar-refractivity contribution in [1.29, 1.82) is 0 Å². The fourth-order valence-corrected chi connectivity index (χ4v) is 1.73. The van der Waals surface area contributed by atoms with Gasteiger partial charge in [-0.25, -0.2) is 4.98 Å². The average Bonchev–Trinajstić information content (AvgIpc) is 2.82. The molecular formula is C12H11BrN2O2. The Balaban J connectivity index is 1.87. The van der Waals surface area contributed by atoms with E-state index in [9.17, 15) is 4.79 Å². The van der Waals surface area contributed by atoms with E-state index in [-0.39, 0.29) is 5.91 Å². The molecular weight excluding hydrogens is 284 g/mol. The van der Waals surface area contributed by atoms with Gasteiger partial charge < -0.3 is 9.73 Å². The maximum Gasteiger partial charge on any atom is 0.224 e. The molecule has 0 spiro atoms. The van der Waals surface area contributed by atoms with Gasteiger partial charge in [-0.15, -0.1) is 0 Å². The maximum atomic E-state index is 11.7. The SMILES string of the molecule is O=C(CCc1ccco1)Nc1cccnc1Br. The van der Waals surface area contributed by atoms with Crippen LogP contribution in [0, 0.1) is 0 Å². The monoisotopic (exact) mass is 294 g/mol. The summed E-state index contributed by atoms with van der Waals surface area (Å²) in [6.45, 7) is 0. The van der Waals surface area contributed by atoms with Crippen LogP contribution < -0.4 is 5.32 Å². The third-order valence-electron chi connectivity index (χ3n) is 2.21. The van der Waals surface area contributed by atoms with Crippen LogP contribution in [0.4, 0.5) is 5.69 Å². The third-order valence-corrected chi connectivity index (χ3v) is 2.84. The maximum absolute atomic E-state index is 11.7. The zero-order valence-corrected chi connectivity index (χ0v) is 10.6. The first kappa shape index (κ1) is 11.9. The Kier molecular flexibility index (Phi) is 3.93. The van der Waals surface area contributed by atoms with Gasteiger partial charge in [0, 0.05) is 19.0 Å². The third kappa shape index (κ3) is 3.42. The molecule has 0 aliphatic heterocycles. The van der Waals surface area contributed by atoms with Crippen LogP contribution in [0.2, 0.25) is 0 Å². The number of carbonyl (C=O) groups excluding carboxylic acids is 1. The number of hydrogen-bond donors (Lipinski definition) is 1. The van der Waals surface area contributed by atoms with Crippen LogP contribution in [-0.2, 0) is 11.2 Å². The van der Waals surface area contributed by atoms with Gasteiger partial charge in [-0.05, 0) is 40.2 Å². The molecule has 0 fully saturated rings. The Morgan fingerprint density at radius 1 is 1.41 bits per heavy atom. The summed E-state index contributed by atoms with van der Waals surface area (Å²) in [6, 6.07) is 7.23. The number of nitrogens with one attached hydrogen (secondary N) is 1. The van der Waals surface area contributed by atoms with Gasteiger partial charge in [0.1, 0.15) is 10.4 Å². The lowest BCUT2D eigenvalue weighted by Crippen LogP contribution is -2.12. The number of furan rings is 1. The number of pyridine rings is 1. The molecule has 88 valence electrons. The van der Waals surface area contributed by atoms with Crippen molar-refractivity contribution in [3.05, 3.63) is 47.1 Å². The molecule has 0 unspecified atom stereocenters. The van der Waals surface area contributed by atoms with E-state index in [1.165, 1.54) is 0 Å². The number of rotatable bonds is 4. The van der Waals surface area contributed by atoms with Crippen LogP contribution in [0.5, 0.6) is 0 Å². The fourth-order valence-electron chi connectivity index (χ4n) is 1.38. The topological polar surface area (TPSA) is 55.1 Å². The molecule has 0 aromatic carbocycles. The number of anilines is 1. The lowest BCUT2D eigenvalue weighted by atomic mass is 10.2. The molecule has 1 amide bonds. The van der Waals surface area contributed by atoms with Crippen LogP contribution in [0.1, 0.15) is 12.2 Å². The predicted molar refractivity (Wildman–Crippen MR) is 67.6 cm³/mol. The second-order valence-electron chi connectivity index (χ2n) is 3.47. The number of amides is 1. The number of aromatic nitrogens is 1. The quantitative estimate of drug-likeness (QED) is 0.882. The highest BCUT2D eigenvalue weighted by Gasteiger charge is 2.06. The predicted octanol–water partition coefficient (Wildman–Crippen LogP) is 3.01. The summed E-state index contributed by atoms with van der Waals surface area (Å²) in [6.07, 6.45) is 4.24. The van der Waals surface area contributed by atoms with E-state index in [0.717, 1.165) is 5.76 Å². The Morgan fingerprint density at radius 2 is 2.29 bits per heavy atom. The molecule has 0 bridgehead atoms. The average molecular weight is 295 g/mol. The highest BCUT2D eigenvalue weighted by Crippen LogP contribution is 2.18. The number of nitrogens with zero attached hydrogens (tertiary/aromatic N) is 1. The zero-order valence-electron chi connectivity index (χ0n) is 9.02. The van der Waals surface area contributed by atoms with E-state index in [4.69, 9.17) is 4.42 Å². The largest absolute Gasteiger partial charge is 0.469 e. The van der Waals surface area contributed by atoms with E-state index in [0.29, 0.717) is 23.1 Å². The summed E-state index contributed by atoms with van der Waals surface area (Å²) in [4.78, 5) is 15.7. The molecule has 0 aliphatic carbocycles. The van der Waals surface area contributed by atoms with Crippen molar-refractivity contribution in [2.24, 2.45) is 0 Å². The van der Waals surface area contributed by atoms with Crippen molar-refractivity contribution in [3.63, 3.8) is 0 Å². The minimum atomic E-state index is -0.0601. The molecule has 2 aromatic heterocycles. The van der Waals surface area contributed by atoms with Crippen molar-refractivity contribution < 1.29 is 9.21 Å². The fraction of sp³-hybridized carbons (Fsp3) is 0.167. The summed E-state index contributed by atoms with van der Waals surface area (Å²) < 4.78 is 5.79. The van der Waals surface area contributed by atoms with Crippen LogP contribution in [-0.4, -0.2) is 10.9 Å². The molecule has 5 heteroatoms. The Labute approximate surface area is 107 Å². The van der Waals surface area contributed by atoms with Crippen LogP contribution in [0.25, 0.3) is 0 Å². The van der Waals surface area contributed by atoms with Gasteiger partial charge >= 0.3 is 0 Å². The van der Waals surface area contributed by atoms with E-state index in [2.05, 4.69) is 26.2 Å². The van der Waals surface area contributed by atoms with E-state index in [1.807, 2.05) is 12.1 Å². The van der Waals surface area contributed by atoms with Gasteiger partial charge in [0.05, 0.1) is 12.0 Å².